The minimum Gasteiger partial charge on any atom is -0.502 e. The van der Waals surface area contributed by atoms with Gasteiger partial charge < -0.3 is 19.3 Å². The van der Waals surface area contributed by atoms with Gasteiger partial charge in [-0.25, -0.2) is 4.98 Å². The molecule has 0 bridgehead atoms. The van der Waals surface area contributed by atoms with Crippen molar-refractivity contribution in [2.75, 3.05) is 21.3 Å². The summed E-state index contributed by atoms with van der Waals surface area (Å²) in [5.74, 6) is 2.14. The first kappa shape index (κ1) is 16.7. The van der Waals surface area contributed by atoms with Gasteiger partial charge in [0.15, 0.2) is 11.5 Å². The summed E-state index contributed by atoms with van der Waals surface area (Å²) >= 11 is 0. The lowest BCUT2D eigenvalue weighted by Crippen LogP contribution is -2.00. The first-order valence-electron chi connectivity index (χ1n) is 7.72. The van der Waals surface area contributed by atoms with Crippen molar-refractivity contribution in [3.63, 3.8) is 0 Å². The van der Waals surface area contributed by atoms with Crippen LogP contribution in [0, 0.1) is 6.92 Å². The zero-order chi connectivity index (χ0) is 18.0. The standard InChI is InChI=1S/C19H20N2O4/c1-12-9-14(23-2)5-6-15(12)21-8-7-20-19(21)13-10-16(24-3)18(22)17(11-13)25-4/h5-11,22H,1-4H3. The minimum absolute atomic E-state index is 0.0347. The number of phenols is 1. The van der Waals surface area contributed by atoms with Gasteiger partial charge in [-0.15, -0.1) is 0 Å². The van der Waals surface area contributed by atoms with Crippen molar-refractivity contribution in [3.05, 3.63) is 48.3 Å². The predicted molar refractivity (Wildman–Crippen MR) is 95.1 cm³/mol. The SMILES string of the molecule is COc1ccc(-n2ccnc2-c2cc(OC)c(O)c(OC)c2)c(C)c1. The van der Waals surface area contributed by atoms with Crippen molar-refractivity contribution in [2.45, 2.75) is 6.92 Å². The van der Waals surface area contributed by atoms with Gasteiger partial charge in [-0.1, -0.05) is 0 Å². The van der Waals surface area contributed by atoms with Crippen LogP contribution in [-0.2, 0) is 0 Å². The van der Waals surface area contributed by atoms with E-state index in [2.05, 4.69) is 4.98 Å². The van der Waals surface area contributed by atoms with Crippen LogP contribution in [0.4, 0.5) is 0 Å². The summed E-state index contributed by atoms with van der Waals surface area (Å²) in [6.45, 7) is 2.01. The van der Waals surface area contributed by atoms with Crippen molar-refractivity contribution in [2.24, 2.45) is 0 Å². The largest absolute Gasteiger partial charge is 0.502 e. The fourth-order valence-corrected chi connectivity index (χ4v) is 2.76. The van der Waals surface area contributed by atoms with Gasteiger partial charge in [0.05, 0.1) is 27.0 Å². The topological polar surface area (TPSA) is 65.7 Å². The Hall–Kier alpha value is -3.15. The number of nitrogens with zero attached hydrogens (tertiary/aromatic N) is 2. The number of aryl methyl sites for hydroxylation is 1. The summed E-state index contributed by atoms with van der Waals surface area (Å²) in [7, 11) is 4.64. The molecule has 1 N–H and O–H groups in total. The second kappa shape index (κ2) is 6.76. The molecule has 0 radical (unpaired) electrons. The first-order valence-corrected chi connectivity index (χ1v) is 7.72. The van der Waals surface area contributed by atoms with E-state index in [-0.39, 0.29) is 5.75 Å². The molecule has 0 unspecified atom stereocenters. The van der Waals surface area contributed by atoms with E-state index in [0.717, 1.165) is 22.6 Å². The number of ether oxygens (including phenoxy) is 3. The number of imidazole rings is 1. The molecule has 1 aromatic heterocycles. The van der Waals surface area contributed by atoms with Crippen LogP contribution in [-0.4, -0.2) is 36.0 Å². The normalized spacial score (nSPS) is 10.6. The maximum atomic E-state index is 10.1. The van der Waals surface area contributed by atoms with Gasteiger partial charge in [0.1, 0.15) is 11.6 Å². The highest BCUT2D eigenvalue weighted by Gasteiger charge is 2.16. The van der Waals surface area contributed by atoms with Crippen molar-refractivity contribution in [1.82, 2.24) is 9.55 Å². The lowest BCUT2D eigenvalue weighted by molar-refractivity contribution is 0.340. The molecule has 0 aliphatic carbocycles. The molecular formula is C19H20N2O4. The lowest BCUT2D eigenvalue weighted by atomic mass is 10.1. The number of hydrogen-bond acceptors (Lipinski definition) is 5. The van der Waals surface area contributed by atoms with Crippen molar-refractivity contribution in [1.29, 1.82) is 0 Å². The molecule has 2 aromatic carbocycles. The summed E-state index contributed by atoms with van der Waals surface area (Å²) in [4.78, 5) is 4.47. The molecule has 0 saturated carbocycles. The monoisotopic (exact) mass is 340 g/mol. The zero-order valence-electron chi connectivity index (χ0n) is 14.6. The van der Waals surface area contributed by atoms with Crippen LogP contribution in [0.2, 0.25) is 0 Å². The average Bonchev–Trinajstić information content (AvgIpc) is 3.11. The highest BCUT2D eigenvalue weighted by Crippen LogP contribution is 2.40. The Bertz CT molecular complexity index is 877. The Labute approximate surface area is 146 Å². The maximum absolute atomic E-state index is 10.1. The molecule has 25 heavy (non-hydrogen) atoms. The smallest absolute Gasteiger partial charge is 0.200 e. The quantitative estimate of drug-likeness (QED) is 0.769. The number of phenolic OH excluding ortho intramolecular Hbond substituents is 1. The van der Waals surface area contributed by atoms with Gasteiger partial charge in [-0.05, 0) is 42.8 Å². The highest BCUT2D eigenvalue weighted by molar-refractivity contribution is 5.68. The van der Waals surface area contributed by atoms with Gasteiger partial charge in [0.25, 0.3) is 0 Å². The molecule has 3 aromatic rings. The zero-order valence-corrected chi connectivity index (χ0v) is 14.6. The van der Waals surface area contributed by atoms with Crippen LogP contribution in [0.5, 0.6) is 23.0 Å². The van der Waals surface area contributed by atoms with Crippen LogP contribution in [0.3, 0.4) is 0 Å². The summed E-state index contributed by atoms with van der Waals surface area (Å²) in [5, 5.41) is 10.1. The fourth-order valence-electron chi connectivity index (χ4n) is 2.76. The molecule has 0 fully saturated rings. The van der Waals surface area contributed by atoms with Gasteiger partial charge in [0, 0.05) is 18.0 Å². The Kier molecular flexibility index (Phi) is 4.52. The van der Waals surface area contributed by atoms with E-state index < -0.39 is 0 Å². The Balaban J connectivity index is 2.14. The van der Waals surface area contributed by atoms with E-state index in [1.54, 1.807) is 25.4 Å². The Morgan fingerprint density at radius 3 is 2.20 bits per heavy atom. The van der Waals surface area contributed by atoms with E-state index in [0.29, 0.717) is 17.3 Å². The van der Waals surface area contributed by atoms with Crippen LogP contribution >= 0.6 is 0 Å². The first-order chi connectivity index (χ1) is 12.1. The summed E-state index contributed by atoms with van der Waals surface area (Å²) < 4.78 is 17.7. The number of hydrogen-bond donors (Lipinski definition) is 1. The van der Waals surface area contributed by atoms with Gasteiger partial charge in [-0.3, -0.25) is 4.57 Å². The van der Waals surface area contributed by atoms with Crippen LogP contribution in [0.1, 0.15) is 5.56 Å². The van der Waals surface area contributed by atoms with Gasteiger partial charge in [0.2, 0.25) is 5.75 Å². The highest BCUT2D eigenvalue weighted by atomic mass is 16.5. The van der Waals surface area contributed by atoms with Gasteiger partial charge >= 0.3 is 0 Å². The third-order valence-corrected chi connectivity index (χ3v) is 4.04. The number of aromatic hydroxyl groups is 1. The van der Waals surface area contributed by atoms with Crippen LogP contribution < -0.4 is 14.2 Å². The summed E-state index contributed by atoms with van der Waals surface area (Å²) in [6, 6.07) is 9.32. The maximum Gasteiger partial charge on any atom is 0.200 e. The molecule has 0 atom stereocenters. The summed E-state index contributed by atoms with van der Waals surface area (Å²) in [6.07, 6.45) is 3.61. The fraction of sp³-hybridized carbons (Fsp3) is 0.211. The average molecular weight is 340 g/mol. The molecule has 130 valence electrons. The van der Waals surface area contributed by atoms with Gasteiger partial charge in [-0.2, -0.15) is 0 Å². The van der Waals surface area contributed by atoms with Crippen molar-refractivity contribution in [3.8, 4) is 40.1 Å². The van der Waals surface area contributed by atoms with E-state index in [1.807, 2.05) is 35.9 Å². The van der Waals surface area contributed by atoms with Crippen LogP contribution in [0.15, 0.2) is 42.7 Å². The molecule has 3 rings (SSSR count). The molecule has 0 saturated heterocycles. The third-order valence-electron chi connectivity index (χ3n) is 4.04. The molecule has 0 amide bonds. The molecule has 1 heterocycles. The Morgan fingerprint density at radius 2 is 1.64 bits per heavy atom. The van der Waals surface area contributed by atoms with E-state index in [9.17, 15) is 5.11 Å². The number of benzene rings is 2. The minimum atomic E-state index is -0.0347. The van der Waals surface area contributed by atoms with Crippen molar-refractivity contribution < 1.29 is 19.3 Å². The van der Waals surface area contributed by atoms with E-state index in [1.165, 1.54) is 14.2 Å². The summed E-state index contributed by atoms with van der Waals surface area (Å²) in [5.41, 5.74) is 2.81. The second-order valence-corrected chi connectivity index (χ2v) is 5.50. The van der Waals surface area contributed by atoms with Crippen LogP contribution in [0.25, 0.3) is 17.1 Å². The predicted octanol–water partition coefficient (Wildman–Crippen LogP) is 3.58. The van der Waals surface area contributed by atoms with E-state index >= 15 is 0 Å². The van der Waals surface area contributed by atoms with Crippen molar-refractivity contribution >= 4 is 0 Å². The number of methoxy groups -OCH3 is 3. The molecule has 6 heteroatoms. The molecule has 0 spiro atoms. The molecule has 0 aliphatic heterocycles. The Morgan fingerprint density at radius 1 is 0.960 bits per heavy atom. The third kappa shape index (κ3) is 2.98. The molecular weight excluding hydrogens is 320 g/mol. The molecule has 0 aliphatic rings. The number of rotatable bonds is 5. The number of aromatic nitrogens is 2. The second-order valence-electron chi connectivity index (χ2n) is 5.50. The lowest BCUT2D eigenvalue weighted by Gasteiger charge is -2.14. The molecule has 6 nitrogen and oxygen atoms in total. The van der Waals surface area contributed by atoms with E-state index in [4.69, 9.17) is 14.2 Å².